The molecule has 9 heteroatoms. The molecule has 1 amide bonds. The van der Waals surface area contributed by atoms with Crippen LogP contribution in [0.1, 0.15) is 22.2 Å². The maximum Gasteiger partial charge on any atom is 0.355 e. The Labute approximate surface area is 213 Å². The number of benzene rings is 3. The van der Waals surface area contributed by atoms with Crippen LogP contribution in [-0.2, 0) is 4.79 Å². The maximum absolute atomic E-state index is 12.8. The summed E-state index contributed by atoms with van der Waals surface area (Å²) in [5.74, 6) is -0.159. The zero-order valence-corrected chi connectivity index (χ0v) is 21.0. The van der Waals surface area contributed by atoms with Crippen molar-refractivity contribution < 1.29 is 19.1 Å². The number of rotatable bonds is 7. The lowest BCUT2D eigenvalue weighted by molar-refractivity contribution is -0.127. The molecule has 6 nitrogen and oxygen atoms in total. The zero-order valence-electron chi connectivity index (χ0n) is 17.8. The number of para-hydroxylation sites is 2. The average Bonchev–Trinajstić information content (AvgIpc) is 3.18. The first-order valence-electron chi connectivity index (χ1n) is 10.2. The van der Waals surface area contributed by atoms with Crippen LogP contribution in [0.2, 0.25) is 5.02 Å². The Morgan fingerprint density at radius 3 is 2.47 bits per heavy atom. The third-order valence-electron chi connectivity index (χ3n) is 4.73. The highest BCUT2D eigenvalue weighted by Crippen LogP contribution is 2.36. The average molecular weight is 558 g/mol. The molecule has 1 aromatic heterocycles. The SMILES string of the molecule is C[C@@H](Oc1ccccc1Br)C(=O)N/N=C\c1ccccc1OC(=O)c1sc2ccccc2c1Cl. The van der Waals surface area contributed by atoms with Gasteiger partial charge in [0.15, 0.2) is 6.10 Å². The Hall–Kier alpha value is -3.20. The summed E-state index contributed by atoms with van der Waals surface area (Å²) in [6, 6.07) is 21.6. The van der Waals surface area contributed by atoms with E-state index in [9.17, 15) is 9.59 Å². The summed E-state index contributed by atoms with van der Waals surface area (Å²) in [7, 11) is 0. The summed E-state index contributed by atoms with van der Waals surface area (Å²) in [4.78, 5) is 25.5. The highest BCUT2D eigenvalue weighted by Gasteiger charge is 2.20. The van der Waals surface area contributed by atoms with E-state index in [1.54, 1.807) is 37.3 Å². The first-order valence-corrected chi connectivity index (χ1v) is 12.1. The van der Waals surface area contributed by atoms with Crippen molar-refractivity contribution in [2.75, 3.05) is 0 Å². The molecule has 0 saturated heterocycles. The standard InChI is InChI=1S/C25H18BrClN2O4S/c1-15(32-20-12-6-4-10-18(20)26)24(30)29-28-14-16-8-2-5-11-19(16)33-25(31)23-22(27)17-9-3-7-13-21(17)34-23/h2-15H,1H3,(H,29,30)/b28-14-/t15-/m1/s1. The Bertz CT molecular complexity index is 1390. The number of fused-ring (bicyclic) bond motifs is 1. The van der Waals surface area contributed by atoms with Gasteiger partial charge in [0.25, 0.3) is 5.91 Å². The van der Waals surface area contributed by atoms with Crippen molar-refractivity contribution in [3.05, 3.63) is 92.7 Å². The summed E-state index contributed by atoms with van der Waals surface area (Å²) in [6.45, 7) is 1.62. The number of amides is 1. The van der Waals surface area contributed by atoms with Crippen LogP contribution in [0, 0.1) is 0 Å². The van der Waals surface area contributed by atoms with Gasteiger partial charge in [0.1, 0.15) is 16.4 Å². The highest BCUT2D eigenvalue weighted by molar-refractivity contribution is 9.10. The van der Waals surface area contributed by atoms with Crippen molar-refractivity contribution >= 4 is 67.0 Å². The monoisotopic (exact) mass is 556 g/mol. The highest BCUT2D eigenvalue weighted by atomic mass is 79.9. The van der Waals surface area contributed by atoms with Crippen molar-refractivity contribution in [1.82, 2.24) is 5.43 Å². The number of hydrogen-bond acceptors (Lipinski definition) is 6. The van der Waals surface area contributed by atoms with E-state index in [1.165, 1.54) is 17.6 Å². The molecule has 0 spiro atoms. The first-order chi connectivity index (χ1) is 16.4. The molecular weight excluding hydrogens is 540 g/mol. The summed E-state index contributed by atoms with van der Waals surface area (Å²) in [5.41, 5.74) is 2.95. The fourth-order valence-electron chi connectivity index (χ4n) is 3.01. The van der Waals surface area contributed by atoms with E-state index in [4.69, 9.17) is 21.1 Å². The van der Waals surface area contributed by atoms with Crippen LogP contribution in [0.3, 0.4) is 0 Å². The van der Waals surface area contributed by atoms with Gasteiger partial charge in [-0.25, -0.2) is 10.2 Å². The van der Waals surface area contributed by atoms with Crippen LogP contribution in [0.25, 0.3) is 10.1 Å². The Kier molecular flexibility index (Phi) is 7.62. The minimum absolute atomic E-state index is 0.288. The number of nitrogens with zero attached hydrogens (tertiary/aromatic N) is 1. The van der Waals surface area contributed by atoms with Crippen molar-refractivity contribution in [3.63, 3.8) is 0 Å². The minimum atomic E-state index is -0.779. The molecule has 0 saturated carbocycles. The molecule has 0 aliphatic heterocycles. The summed E-state index contributed by atoms with van der Waals surface area (Å²) < 4.78 is 12.9. The lowest BCUT2D eigenvalue weighted by Gasteiger charge is -2.14. The molecule has 34 heavy (non-hydrogen) atoms. The van der Waals surface area contributed by atoms with E-state index in [0.717, 1.165) is 14.6 Å². The molecule has 172 valence electrons. The second kappa shape index (κ2) is 10.8. The van der Waals surface area contributed by atoms with Crippen LogP contribution in [0.15, 0.2) is 82.4 Å². The van der Waals surface area contributed by atoms with E-state index in [0.29, 0.717) is 21.2 Å². The zero-order chi connectivity index (χ0) is 24.1. The third kappa shape index (κ3) is 5.47. The van der Waals surface area contributed by atoms with E-state index >= 15 is 0 Å². The molecule has 4 aromatic rings. The summed E-state index contributed by atoms with van der Waals surface area (Å²) in [6.07, 6.45) is 0.622. The van der Waals surface area contributed by atoms with Gasteiger partial charge < -0.3 is 9.47 Å². The Balaban J connectivity index is 1.42. The second-order valence-electron chi connectivity index (χ2n) is 7.09. The molecule has 1 N–H and O–H groups in total. The fraction of sp³-hybridized carbons (Fsp3) is 0.0800. The van der Waals surface area contributed by atoms with Crippen LogP contribution >= 0.6 is 38.9 Å². The number of nitrogens with one attached hydrogen (secondary N) is 1. The van der Waals surface area contributed by atoms with Crippen LogP contribution < -0.4 is 14.9 Å². The maximum atomic E-state index is 12.8. The second-order valence-corrected chi connectivity index (χ2v) is 9.38. The number of thiophene rings is 1. The number of hydrazone groups is 1. The minimum Gasteiger partial charge on any atom is -0.480 e. The predicted octanol–water partition coefficient (Wildman–Crippen LogP) is 6.45. The molecule has 0 aliphatic carbocycles. The quantitative estimate of drug-likeness (QED) is 0.123. The number of carbonyl (C=O) groups is 2. The molecule has 0 unspecified atom stereocenters. The van der Waals surface area contributed by atoms with Gasteiger partial charge in [-0.2, -0.15) is 5.10 Å². The van der Waals surface area contributed by atoms with Crippen LogP contribution in [0.5, 0.6) is 11.5 Å². The summed E-state index contributed by atoms with van der Waals surface area (Å²) >= 11 is 11.0. The molecule has 0 fully saturated rings. The van der Waals surface area contributed by atoms with Gasteiger partial charge in [0.2, 0.25) is 0 Å². The van der Waals surface area contributed by atoms with Gasteiger partial charge in [-0.05, 0) is 53.2 Å². The largest absolute Gasteiger partial charge is 0.480 e. The van der Waals surface area contributed by atoms with Gasteiger partial charge in [-0.3, -0.25) is 4.79 Å². The van der Waals surface area contributed by atoms with Gasteiger partial charge in [0, 0.05) is 15.6 Å². The number of carbonyl (C=O) groups excluding carboxylic acids is 2. The Morgan fingerprint density at radius 2 is 1.71 bits per heavy atom. The fourth-order valence-corrected chi connectivity index (χ4v) is 4.78. The molecule has 0 aliphatic rings. The lowest BCUT2D eigenvalue weighted by atomic mass is 10.2. The number of esters is 1. The van der Waals surface area contributed by atoms with Gasteiger partial charge >= 0.3 is 5.97 Å². The van der Waals surface area contributed by atoms with E-state index < -0.39 is 18.0 Å². The third-order valence-corrected chi connectivity index (χ3v) is 7.04. The van der Waals surface area contributed by atoms with E-state index in [1.807, 2.05) is 42.5 Å². The van der Waals surface area contributed by atoms with Gasteiger partial charge in [-0.1, -0.05) is 54.1 Å². The number of hydrogen-bond donors (Lipinski definition) is 1. The first kappa shape index (κ1) is 23.9. The molecule has 0 radical (unpaired) electrons. The van der Waals surface area contributed by atoms with Gasteiger partial charge in [0.05, 0.1) is 15.7 Å². The molecule has 4 rings (SSSR count). The Morgan fingerprint density at radius 1 is 1.03 bits per heavy atom. The molecule has 1 heterocycles. The topological polar surface area (TPSA) is 77.0 Å². The molecular formula is C25H18BrClN2O4S. The molecule has 0 bridgehead atoms. The molecule has 1 atom stereocenters. The smallest absolute Gasteiger partial charge is 0.355 e. The van der Waals surface area contributed by atoms with Crippen molar-refractivity contribution in [1.29, 1.82) is 0 Å². The lowest BCUT2D eigenvalue weighted by Crippen LogP contribution is -2.33. The molecule has 3 aromatic carbocycles. The van der Waals surface area contributed by atoms with Crippen molar-refractivity contribution in [3.8, 4) is 11.5 Å². The number of ether oxygens (including phenoxy) is 2. The van der Waals surface area contributed by atoms with E-state index in [-0.39, 0.29) is 5.75 Å². The summed E-state index contributed by atoms with van der Waals surface area (Å²) in [5, 5.41) is 5.16. The van der Waals surface area contributed by atoms with Gasteiger partial charge in [-0.15, -0.1) is 11.3 Å². The van der Waals surface area contributed by atoms with Crippen LogP contribution in [-0.4, -0.2) is 24.2 Å². The van der Waals surface area contributed by atoms with Crippen LogP contribution in [0.4, 0.5) is 0 Å². The predicted molar refractivity (Wildman–Crippen MR) is 138 cm³/mol. The normalized spacial score (nSPS) is 12.0. The van der Waals surface area contributed by atoms with E-state index in [2.05, 4.69) is 26.5 Å². The van der Waals surface area contributed by atoms with Crippen molar-refractivity contribution in [2.45, 2.75) is 13.0 Å². The number of halogens is 2. The van der Waals surface area contributed by atoms with Crippen molar-refractivity contribution in [2.24, 2.45) is 5.10 Å².